The molecule has 8 heteroatoms. The minimum absolute atomic E-state index is 0.413. The normalized spacial score (nSPS) is 10.7. The van der Waals surface area contributed by atoms with E-state index < -0.39 is 0 Å². The molecule has 5 nitrogen and oxygen atoms in total. The zero-order chi connectivity index (χ0) is 17.3. The molecule has 0 fully saturated rings. The molecule has 0 atom stereocenters. The molecule has 1 aromatic heterocycles. The predicted octanol–water partition coefficient (Wildman–Crippen LogP) is 4.92. The van der Waals surface area contributed by atoms with Crippen LogP contribution in [-0.4, -0.2) is 29.0 Å². The summed E-state index contributed by atoms with van der Waals surface area (Å²) in [6, 6.07) is 10.7. The summed E-state index contributed by atoms with van der Waals surface area (Å²) in [6.45, 7) is 0. The van der Waals surface area contributed by atoms with E-state index in [9.17, 15) is 0 Å². The SMILES string of the molecule is COc1cc(OC)cc(-c2n[nH]c(=S)n2-c2ccc(Cl)cc2Cl)c1. The summed E-state index contributed by atoms with van der Waals surface area (Å²) in [6.07, 6.45) is 0. The molecule has 1 N–H and O–H groups in total. The number of hydrogen-bond donors (Lipinski definition) is 1. The largest absolute Gasteiger partial charge is 0.497 e. The summed E-state index contributed by atoms with van der Waals surface area (Å²) < 4.78 is 12.8. The molecular formula is C16H13Cl2N3O2S. The number of methoxy groups -OCH3 is 2. The second-order valence-corrected chi connectivity index (χ2v) is 6.12. The minimum Gasteiger partial charge on any atom is -0.497 e. The molecule has 0 amide bonds. The van der Waals surface area contributed by atoms with Gasteiger partial charge in [0.2, 0.25) is 0 Å². The number of nitrogens with zero attached hydrogens (tertiary/aromatic N) is 2. The molecule has 0 aliphatic carbocycles. The van der Waals surface area contributed by atoms with Gasteiger partial charge >= 0.3 is 0 Å². The average Bonchev–Trinajstić information content (AvgIpc) is 2.96. The molecule has 0 unspecified atom stereocenters. The van der Waals surface area contributed by atoms with Crippen LogP contribution in [0.15, 0.2) is 36.4 Å². The Kier molecular flexibility index (Phi) is 4.80. The third kappa shape index (κ3) is 3.13. The van der Waals surface area contributed by atoms with Crippen molar-refractivity contribution in [2.24, 2.45) is 0 Å². The highest BCUT2D eigenvalue weighted by Crippen LogP contribution is 2.32. The van der Waals surface area contributed by atoms with Gasteiger partial charge in [0.25, 0.3) is 0 Å². The quantitative estimate of drug-likeness (QED) is 0.651. The van der Waals surface area contributed by atoms with Crippen LogP contribution in [0, 0.1) is 4.77 Å². The highest BCUT2D eigenvalue weighted by molar-refractivity contribution is 7.71. The van der Waals surface area contributed by atoms with Crippen molar-refractivity contribution in [3.05, 3.63) is 51.2 Å². The summed E-state index contributed by atoms with van der Waals surface area (Å²) in [5.74, 6) is 1.88. The lowest BCUT2D eigenvalue weighted by molar-refractivity contribution is 0.394. The van der Waals surface area contributed by atoms with Crippen LogP contribution in [-0.2, 0) is 0 Å². The van der Waals surface area contributed by atoms with Crippen molar-refractivity contribution in [1.82, 2.24) is 14.8 Å². The summed E-state index contributed by atoms with van der Waals surface area (Å²) in [4.78, 5) is 0. The maximum atomic E-state index is 6.33. The van der Waals surface area contributed by atoms with Crippen LogP contribution in [0.4, 0.5) is 0 Å². The van der Waals surface area contributed by atoms with Gasteiger partial charge in [-0.3, -0.25) is 9.67 Å². The molecule has 0 radical (unpaired) electrons. The van der Waals surface area contributed by atoms with E-state index in [1.807, 2.05) is 12.1 Å². The Morgan fingerprint density at radius 3 is 2.29 bits per heavy atom. The van der Waals surface area contributed by atoms with Gasteiger partial charge in [-0.1, -0.05) is 23.2 Å². The lowest BCUT2D eigenvalue weighted by Gasteiger charge is -2.11. The van der Waals surface area contributed by atoms with Gasteiger partial charge in [0, 0.05) is 16.7 Å². The van der Waals surface area contributed by atoms with Gasteiger partial charge in [0.05, 0.1) is 24.9 Å². The molecule has 0 saturated carbocycles. The van der Waals surface area contributed by atoms with E-state index in [-0.39, 0.29) is 0 Å². The molecule has 0 saturated heterocycles. The van der Waals surface area contributed by atoms with Gasteiger partial charge in [0.15, 0.2) is 10.6 Å². The second-order valence-electron chi connectivity index (χ2n) is 4.88. The number of halogens is 2. The fourth-order valence-electron chi connectivity index (χ4n) is 2.31. The Bertz CT molecular complexity index is 930. The summed E-state index contributed by atoms with van der Waals surface area (Å²) in [5, 5.41) is 8.13. The average molecular weight is 382 g/mol. The zero-order valence-electron chi connectivity index (χ0n) is 12.8. The molecule has 24 heavy (non-hydrogen) atoms. The smallest absolute Gasteiger partial charge is 0.200 e. The summed E-state index contributed by atoms with van der Waals surface area (Å²) in [5.41, 5.74) is 1.45. The molecule has 2 aromatic carbocycles. The molecule has 0 aliphatic rings. The molecular weight excluding hydrogens is 369 g/mol. The minimum atomic E-state index is 0.413. The summed E-state index contributed by atoms with van der Waals surface area (Å²) in [7, 11) is 3.18. The van der Waals surface area contributed by atoms with Crippen molar-refractivity contribution in [2.75, 3.05) is 14.2 Å². The first-order chi connectivity index (χ1) is 11.5. The van der Waals surface area contributed by atoms with E-state index in [1.54, 1.807) is 43.1 Å². The highest BCUT2D eigenvalue weighted by atomic mass is 35.5. The molecule has 0 aliphatic heterocycles. The Labute approximate surface area is 153 Å². The first-order valence-electron chi connectivity index (χ1n) is 6.89. The first kappa shape index (κ1) is 16.8. The molecule has 124 valence electrons. The number of ether oxygens (including phenoxy) is 2. The van der Waals surface area contributed by atoms with Crippen LogP contribution in [0.3, 0.4) is 0 Å². The van der Waals surface area contributed by atoms with E-state index in [0.29, 0.717) is 37.8 Å². The van der Waals surface area contributed by atoms with Crippen LogP contribution < -0.4 is 9.47 Å². The van der Waals surface area contributed by atoms with Gasteiger partial charge in [-0.15, -0.1) is 0 Å². The van der Waals surface area contributed by atoms with Gasteiger partial charge in [-0.05, 0) is 42.5 Å². The Hall–Kier alpha value is -2.02. The number of hydrogen-bond acceptors (Lipinski definition) is 4. The zero-order valence-corrected chi connectivity index (χ0v) is 15.2. The lowest BCUT2D eigenvalue weighted by Crippen LogP contribution is -1.99. The third-order valence-electron chi connectivity index (χ3n) is 3.43. The molecule has 0 spiro atoms. The van der Waals surface area contributed by atoms with Crippen LogP contribution in [0.25, 0.3) is 17.1 Å². The van der Waals surface area contributed by atoms with Gasteiger partial charge in [-0.2, -0.15) is 5.10 Å². The van der Waals surface area contributed by atoms with E-state index >= 15 is 0 Å². The van der Waals surface area contributed by atoms with Crippen molar-refractivity contribution in [1.29, 1.82) is 0 Å². The van der Waals surface area contributed by atoms with Crippen molar-refractivity contribution in [3.8, 4) is 28.6 Å². The van der Waals surface area contributed by atoms with Crippen molar-refractivity contribution in [2.45, 2.75) is 0 Å². The monoisotopic (exact) mass is 381 g/mol. The number of aromatic nitrogens is 3. The highest BCUT2D eigenvalue weighted by Gasteiger charge is 2.15. The standard InChI is InChI=1S/C16H13Cl2N3O2S/c1-22-11-5-9(6-12(8-11)23-2)15-19-20-16(24)21(15)14-4-3-10(17)7-13(14)18/h3-8H,1-2H3,(H,20,24). The summed E-state index contributed by atoms with van der Waals surface area (Å²) >= 11 is 17.7. The van der Waals surface area contributed by atoms with Gasteiger partial charge in [-0.25, -0.2) is 0 Å². The van der Waals surface area contributed by atoms with Crippen molar-refractivity contribution >= 4 is 35.4 Å². The van der Waals surface area contributed by atoms with Gasteiger partial charge in [0.1, 0.15) is 11.5 Å². The van der Waals surface area contributed by atoms with Crippen LogP contribution >= 0.6 is 35.4 Å². The van der Waals surface area contributed by atoms with Crippen LogP contribution in [0.1, 0.15) is 0 Å². The number of benzene rings is 2. The number of nitrogens with one attached hydrogen (secondary N) is 1. The van der Waals surface area contributed by atoms with E-state index in [4.69, 9.17) is 44.9 Å². The molecule has 3 rings (SSSR count). The lowest BCUT2D eigenvalue weighted by atomic mass is 10.2. The Morgan fingerprint density at radius 2 is 1.71 bits per heavy atom. The van der Waals surface area contributed by atoms with E-state index in [0.717, 1.165) is 5.56 Å². The van der Waals surface area contributed by atoms with E-state index in [2.05, 4.69) is 10.2 Å². The number of aromatic amines is 1. The molecule has 3 aromatic rings. The number of rotatable bonds is 4. The fourth-order valence-corrected chi connectivity index (χ4v) is 3.04. The molecule has 0 bridgehead atoms. The van der Waals surface area contributed by atoms with Crippen molar-refractivity contribution < 1.29 is 9.47 Å². The van der Waals surface area contributed by atoms with Crippen LogP contribution in [0.2, 0.25) is 10.0 Å². The maximum Gasteiger partial charge on any atom is 0.200 e. The Balaban J connectivity index is 2.23. The molecule has 1 heterocycles. The topological polar surface area (TPSA) is 52.1 Å². The predicted molar refractivity (Wildman–Crippen MR) is 97.3 cm³/mol. The van der Waals surface area contributed by atoms with Crippen LogP contribution in [0.5, 0.6) is 11.5 Å². The van der Waals surface area contributed by atoms with Gasteiger partial charge < -0.3 is 9.47 Å². The van der Waals surface area contributed by atoms with E-state index in [1.165, 1.54) is 0 Å². The maximum absolute atomic E-state index is 6.33. The third-order valence-corrected chi connectivity index (χ3v) is 4.24. The number of H-pyrrole nitrogens is 1. The second kappa shape index (κ2) is 6.84. The fraction of sp³-hybridized carbons (Fsp3) is 0.125. The Morgan fingerprint density at radius 1 is 1.04 bits per heavy atom. The van der Waals surface area contributed by atoms with Crippen molar-refractivity contribution in [3.63, 3.8) is 0 Å². The first-order valence-corrected chi connectivity index (χ1v) is 8.06.